The molecule has 0 bridgehead atoms. The van der Waals surface area contributed by atoms with Crippen LogP contribution in [0.15, 0.2) is 53.6 Å². The maximum atomic E-state index is 12.6. The zero-order chi connectivity index (χ0) is 21.3. The Bertz CT molecular complexity index is 1020. The molecule has 0 spiro atoms. The number of ketones is 1. The topological polar surface area (TPSA) is 82.3 Å². The predicted octanol–water partition coefficient (Wildman–Crippen LogP) is 2.56. The van der Waals surface area contributed by atoms with E-state index in [-0.39, 0.29) is 12.3 Å². The molecule has 8 nitrogen and oxygen atoms in total. The quantitative estimate of drug-likeness (QED) is 0.402. The van der Waals surface area contributed by atoms with Gasteiger partial charge in [0.2, 0.25) is 12.3 Å². The predicted molar refractivity (Wildman–Crippen MR) is 109 cm³/mol. The number of azo groups is 2. The number of amides is 2. The van der Waals surface area contributed by atoms with Crippen LogP contribution in [0.3, 0.4) is 0 Å². The van der Waals surface area contributed by atoms with E-state index in [1.54, 1.807) is 24.3 Å². The third-order valence-electron chi connectivity index (χ3n) is 5.00. The monoisotopic (exact) mass is 427 g/mol. The van der Waals surface area contributed by atoms with Crippen molar-refractivity contribution in [3.63, 3.8) is 0 Å². The smallest absolute Gasteiger partial charge is 0.494 e. The van der Waals surface area contributed by atoms with Gasteiger partial charge >= 0.3 is 11.8 Å². The fourth-order valence-corrected chi connectivity index (χ4v) is 3.62. The average molecular weight is 428 g/mol. The number of hydrogen-bond donors (Lipinski definition) is 0. The minimum absolute atomic E-state index is 0.312. The first-order valence-electron chi connectivity index (χ1n) is 9.59. The maximum absolute atomic E-state index is 12.6. The van der Waals surface area contributed by atoms with Crippen molar-refractivity contribution in [1.82, 2.24) is 4.90 Å². The van der Waals surface area contributed by atoms with Crippen LogP contribution >= 0.6 is 11.6 Å². The minimum atomic E-state index is -0.804. The lowest BCUT2D eigenvalue weighted by Gasteiger charge is -2.27. The molecule has 0 saturated carbocycles. The van der Waals surface area contributed by atoms with Crippen LogP contribution in [0.4, 0.5) is 5.69 Å². The van der Waals surface area contributed by atoms with Crippen molar-refractivity contribution in [2.45, 2.75) is 13.2 Å². The van der Waals surface area contributed by atoms with Gasteiger partial charge in [0, 0.05) is 34.5 Å². The van der Waals surface area contributed by atoms with Gasteiger partial charge in [0.05, 0.1) is 6.61 Å². The molecule has 2 aliphatic rings. The second kappa shape index (κ2) is 8.23. The van der Waals surface area contributed by atoms with Gasteiger partial charge in [-0.1, -0.05) is 11.6 Å². The molecule has 2 amide bonds. The van der Waals surface area contributed by atoms with Crippen LogP contribution < -0.4 is 9.64 Å². The lowest BCUT2D eigenvalue weighted by atomic mass is 10.1. The van der Waals surface area contributed by atoms with E-state index in [0.29, 0.717) is 30.3 Å². The van der Waals surface area contributed by atoms with Gasteiger partial charge in [0.1, 0.15) is 5.75 Å². The molecule has 2 aliphatic heterocycles. The first-order valence-corrected chi connectivity index (χ1v) is 9.97. The van der Waals surface area contributed by atoms with E-state index in [4.69, 9.17) is 16.3 Å². The number of carbonyl (C=O) groups excluding carboxylic acids is 3. The maximum Gasteiger partial charge on any atom is 0.502 e. The second-order valence-corrected chi connectivity index (χ2v) is 7.31. The first kappa shape index (κ1) is 20.0. The standard InChI is InChI=1S/C21H20ClN4O4/c1-2-30-17-9-7-16(8-10-17)24-11-12-25-19(28)20(29)26(23-21(24)25)13-18(27)14-3-5-15(22)6-4-14/h3-10,21H,2,11-13H2,1H3/q+1. The van der Waals surface area contributed by atoms with E-state index < -0.39 is 18.1 Å². The van der Waals surface area contributed by atoms with Crippen LogP contribution in [-0.4, -0.2) is 59.7 Å². The van der Waals surface area contributed by atoms with Crippen molar-refractivity contribution in [2.75, 3.05) is 31.1 Å². The van der Waals surface area contributed by atoms with E-state index >= 15 is 0 Å². The van der Waals surface area contributed by atoms with E-state index in [0.717, 1.165) is 16.1 Å². The Hall–Kier alpha value is -3.26. The molecule has 1 saturated heterocycles. The van der Waals surface area contributed by atoms with Gasteiger partial charge in [-0.15, -0.1) is 0 Å². The Morgan fingerprint density at radius 1 is 1.10 bits per heavy atom. The highest BCUT2D eigenvalue weighted by molar-refractivity contribution is 6.32. The SMILES string of the molecule is CCOc1ccc(N2CCN3C(=O)C(=O)[N+](CC(=O)c4ccc(Cl)cc4)=NC32)cc1. The van der Waals surface area contributed by atoms with Gasteiger partial charge in [0.15, 0.2) is 0 Å². The highest BCUT2D eigenvalue weighted by atomic mass is 35.5. The van der Waals surface area contributed by atoms with Gasteiger partial charge in [-0.05, 0) is 60.2 Å². The number of benzene rings is 2. The third kappa shape index (κ3) is 3.78. The van der Waals surface area contributed by atoms with Crippen LogP contribution in [0.2, 0.25) is 5.02 Å². The molecule has 2 aromatic carbocycles. The van der Waals surface area contributed by atoms with Gasteiger partial charge in [-0.2, -0.15) is 0 Å². The van der Waals surface area contributed by atoms with E-state index in [2.05, 4.69) is 5.11 Å². The molecule has 0 radical (unpaired) electrons. The van der Waals surface area contributed by atoms with Crippen LogP contribution in [0.5, 0.6) is 5.75 Å². The van der Waals surface area contributed by atoms with Gasteiger partial charge in [-0.25, -0.2) is 4.79 Å². The van der Waals surface area contributed by atoms with Crippen LogP contribution in [0, 0.1) is 0 Å². The number of rotatable bonds is 6. The summed E-state index contributed by atoms with van der Waals surface area (Å²) < 4.78 is 6.43. The molecule has 2 aromatic rings. The van der Waals surface area contributed by atoms with Crippen molar-refractivity contribution in [3.05, 3.63) is 59.1 Å². The number of Topliss-reactive ketones (excluding diaryl/α,β-unsaturated/α-hetero) is 1. The fourth-order valence-electron chi connectivity index (χ4n) is 3.49. The number of halogens is 1. The normalized spacial score (nSPS) is 18.3. The van der Waals surface area contributed by atoms with E-state index in [1.165, 1.54) is 4.90 Å². The summed E-state index contributed by atoms with van der Waals surface area (Å²) in [5.74, 6) is -1.04. The third-order valence-corrected chi connectivity index (χ3v) is 5.25. The summed E-state index contributed by atoms with van der Waals surface area (Å²) in [6, 6.07) is 13.8. The highest BCUT2D eigenvalue weighted by Gasteiger charge is 2.49. The molecular formula is C21H20ClN4O4+. The molecule has 1 fully saturated rings. The molecule has 0 aromatic heterocycles. The summed E-state index contributed by atoms with van der Waals surface area (Å²) >= 11 is 5.86. The molecular weight excluding hydrogens is 408 g/mol. The van der Waals surface area contributed by atoms with Crippen molar-refractivity contribution < 1.29 is 23.8 Å². The summed E-state index contributed by atoms with van der Waals surface area (Å²) in [6.07, 6.45) is -0.675. The summed E-state index contributed by atoms with van der Waals surface area (Å²) in [6.45, 7) is 3.08. The lowest BCUT2D eigenvalue weighted by molar-refractivity contribution is -0.507. The van der Waals surface area contributed by atoms with Crippen LogP contribution in [-0.2, 0) is 9.59 Å². The summed E-state index contributed by atoms with van der Waals surface area (Å²) in [7, 11) is 0. The molecule has 154 valence electrons. The number of carbonyl (C=O) groups is 3. The van der Waals surface area contributed by atoms with Crippen molar-refractivity contribution in [3.8, 4) is 5.75 Å². The fraction of sp³-hybridized carbons (Fsp3) is 0.286. The Kier molecular flexibility index (Phi) is 5.50. The molecule has 1 atom stereocenters. The zero-order valence-electron chi connectivity index (χ0n) is 16.3. The second-order valence-electron chi connectivity index (χ2n) is 6.87. The van der Waals surface area contributed by atoms with Crippen LogP contribution in [0.25, 0.3) is 0 Å². The summed E-state index contributed by atoms with van der Waals surface area (Å²) in [5.41, 5.74) is 1.24. The van der Waals surface area contributed by atoms with Crippen molar-refractivity contribution >= 4 is 34.9 Å². The molecule has 30 heavy (non-hydrogen) atoms. The Morgan fingerprint density at radius 3 is 2.43 bits per heavy atom. The van der Waals surface area contributed by atoms with Gasteiger partial charge < -0.3 is 9.64 Å². The van der Waals surface area contributed by atoms with Crippen molar-refractivity contribution in [1.29, 1.82) is 0 Å². The number of nitrogens with zero attached hydrogens (tertiary/aromatic N) is 4. The number of fused-ring (bicyclic) bond motifs is 1. The molecule has 9 heteroatoms. The first-order chi connectivity index (χ1) is 14.5. The molecule has 4 rings (SSSR count). The van der Waals surface area contributed by atoms with Crippen molar-refractivity contribution in [2.24, 2.45) is 5.11 Å². The average Bonchev–Trinajstić information content (AvgIpc) is 3.17. The summed E-state index contributed by atoms with van der Waals surface area (Å²) in [5, 5.41) is 4.92. The summed E-state index contributed by atoms with van der Waals surface area (Å²) in [4.78, 5) is 41.0. The molecule has 0 N–H and O–H groups in total. The minimum Gasteiger partial charge on any atom is -0.494 e. The molecule has 2 heterocycles. The Morgan fingerprint density at radius 2 is 1.77 bits per heavy atom. The Labute approximate surface area is 178 Å². The zero-order valence-corrected chi connectivity index (χ0v) is 17.1. The van der Waals surface area contributed by atoms with Gasteiger partial charge in [0.25, 0.3) is 6.29 Å². The number of hydrogen-bond acceptors (Lipinski definition) is 6. The van der Waals surface area contributed by atoms with Gasteiger partial charge in [-0.3, -0.25) is 14.5 Å². The number of anilines is 1. The molecule has 0 aliphatic carbocycles. The van der Waals surface area contributed by atoms with E-state index in [1.807, 2.05) is 36.1 Å². The lowest BCUT2D eigenvalue weighted by Crippen LogP contribution is -2.52. The van der Waals surface area contributed by atoms with Crippen LogP contribution in [0.1, 0.15) is 17.3 Å². The number of ether oxygens (including phenoxy) is 1. The Balaban J connectivity index is 1.58. The molecule has 1 unspecified atom stereocenters. The van der Waals surface area contributed by atoms with E-state index in [9.17, 15) is 14.4 Å². The largest absolute Gasteiger partial charge is 0.502 e. The highest BCUT2D eigenvalue weighted by Crippen LogP contribution is 2.28.